The monoisotopic (exact) mass is 308 g/mol. The molecule has 6 heteroatoms. The molecule has 0 aliphatic carbocycles. The minimum atomic E-state index is -3.42. The van der Waals surface area contributed by atoms with Gasteiger partial charge >= 0.3 is 0 Å². The highest BCUT2D eigenvalue weighted by Gasteiger charge is 2.10. The standard InChI is InChI=1S/C15H17FN2O2S/c1-11-3-4-13(16)9-12(11)10-18-14-5-7-15(8-6-14)21(19,20)17-2/h3-9,17-18H,10H2,1-2H3. The zero-order chi connectivity index (χ0) is 15.5. The van der Waals surface area contributed by atoms with E-state index in [-0.39, 0.29) is 10.7 Å². The van der Waals surface area contributed by atoms with E-state index in [0.717, 1.165) is 16.8 Å². The van der Waals surface area contributed by atoms with Crippen LogP contribution in [0.2, 0.25) is 0 Å². The molecule has 112 valence electrons. The van der Waals surface area contributed by atoms with E-state index in [1.807, 2.05) is 6.92 Å². The smallest absolute Gasteiger partial charge is 0.240 e. The second kappa shape index (κ2) is 6.24. The Morgan fingerprint density at radius 1 is 1.10 bits per heavy atom. The van der Waals surface area contributed by atoms with E-state index >= 15 is 0 Å². The summed E-state index contributed by atoms with van der Waals surface area (Å²) in [5.74, 6) is -0.270. The van der Waals surface area contributed by atoms with Gasteiger partial charge < -0.3 is 5.32 Å². The summed E-state index contributed by atoms with van der Waals surface area (Å²) < 4.78 is 38.7. The summed E-state index contributed by atoms with van der Waals surface area (Å²) in [5.41, 5.74) is 2.63. The Labute approximate surface area is 124 Å². The predicted molar refractivity (Wildman–Crippen MR) is 81.2 cm³/mol. The van der Waals surface area contributed by atoms with Gasteiger partial charge in [0.15, 0.2) is 0 Å². The van der Waals surface area contributed by atoms with Crippen LogP contribution in [0.25, 0.3) is 0 Å². The van der Waals surface area contributed by atoms with Gasteiger partial charge in [0.25, 0.3) is 0 Å². The Balaban J connectivity index is 2.09. The molecule has 4 nitrogen and oxygen atoms in total. The van der Waals surface area contributed by atoms with Crippen molar-refractivity contribution >= 4 is 15.7 Å². The maximum absolute atomic E-state index is 13.2. The summed E-state index contributed by atoms with van der Waals surface area (Å²) in [6, 6.07) is 11.0. The summed E-state index contributed by atoms with van der Waals surface area (Å²) in [5, 5.41) is 3.14. The van der Waals surface area contributed by atoms with Crippen molar-refractivity contribution in [3.63, 3.8) is 0 Å². The zero-order valence-corrected chi connectivity index (χ0v) is 12.7. The van der Waals surface area contributed by atoms with E-state index < -0.39 is 10.0 Å². The Morgan fingerprint density at radius 3 is 2.38 bits per heavy atom. The van der Waals surface area contributed by atoms with Gasteiger partial charge in [0.1, 0.15) is 5.82 Å². The third kappa shape index (κ3) is 3.80. The topological polar surface area (TPSA) is 58.2 Å². The van der Waals surface area contributed by atoms with Gasteiger partial charge in [-0.15, -0.1) is 0 Å². The molecule has 0 saturated carbocycles. The van der Waals surface area contributed by atoms with Gasteiger partial charge in [0.05, 0.1) is 4.90 Å². The molecule has 0 fully saturated rings. The van der Waals surface area contributed by atoms with E-state index in [1.165, 1.54) is 31.3 Å². The van der Waals surface area contributed by atoms with Crippen molar-refractivity contribution in [3.8, 4) is 0 Å². The number of rotatable bonds is 5. The Morgan fingerprint density at radius 2 is 1.76 bits per heavy atom. The van der Waals surface area contributed by atoms with Gasteiger partial charge in [-0.2, -0.15) is 0 Å². The number of anilines is 1. The van der Waals surface area contributed by atoms with Gasteiger partial charge in [-0.25, -0.2) is 17.5 Å². The van der Waals surface area contributed by atoms with Crippen molar-refractivity contribution in [2.45, 2.75) is 18.4 Å². The highest BCUT2D eigenvalue weighted by Crippen LogP contribution is 2.16. The van der Waals surface area contributed by atoms with Crippen molar-refractivity contribution in [1.29, 1.82) is 0 Å². The third-order valence-electron chi connectivity index (χ3n) is 3.23. The first-order valence-electron chi connectivity index (χ1n) is 6.45. The Kier molecular flexibility index (Phi) is 4.59. The second-order valence-electron chi connectivity index (χ2n) is 4.66. The van der Waals surface area contributed by atoms with E-state index in [1.54, 1.807) is 18.2 Å². The molecule has 0 atom stereocenters. The van der Waals surface area contributed by atoms with Crippen LogP contribution in [0.1, 0.15) is 11.1 Å². The molecule has 2 aromatic carbocycles. The fraction of sp³-hybridized carbons (Fsp3) is 0.200. The van der Waals surface area contributed by atoms with Crippen molar-refractivity contribution in [2.75, 3.05) is 12.4 Å². The van der Waals surface area contributed by atoms with Crippen LogP contribution in [0.5, 0.6) is 0 Å². The SMILES string of the molecule is CNS(=O)(=O)c1ccc(NCc2cc(F)ccc2C)cc1. The molecule has 0 bridgehead atoms. The van der Waals surface area contributed by atoms with Gasteiger partial charge in [-0.05, 0) is 61.5 Å². The van der Waals surface area contributed by atoms with Crippen LogP contribution in [0.4, 0.5) is 10.1 Å². The lowest BCUT2D eigenvalue weighted by Gasteiger charge is -2.10. The molecule has 2 rings (SSSR count). The number of nitrogens with one attached hydrogen (secondary N) is 2. The van der Waals surface area contributed by atoms with Crippen LogP contribution in [-0.2, 0) is 16.6 Å². The summed E-state index contributed by atoms with van der Waals surface area (Å²) in [4.78, 5) is 0.206. The Hall–Kier alpha value is -1.92. The molecule has 0 spiro atoms. The fourth-order valence-electron chi connectivity index (χ4n) is 1.90. The first-order chi connectivity index (χ1) is 9.92. The maximum Gasteiger partial charge on any atom is 0.240 e. The minimum absolute atomic E-state index is 0.206. The first kappa shape index (κ1) is 15.5. The average molecular weight is 308 g/mol. The predicted octanol–water partition coefficient (Wildman–Crippen LogP) is 2.65. The largest absolute Gasteiger partial charge is 0.381 e. The molecule has 0 aromatic heterocycles. The van der Waals surface area contributed by atoms with Crippen LogP contribution in [0, 0.1) is 12.7 Å². The van der Waals surface area contributed by atoms with Gasteiger partial charge in [-0.1, -0.05) is 6.07 Å². The van der Waals surface area contributed by atoms with E-state index in [9.17, 15) is 12.8 Å². The molecule has 0 aliphatic rings. The third-order valence-corrected chi connectivity index (χ3v) is 4.66. The lowest BCUT2D eigenvalue weighted by molar-refractivity contribution is 0.588. The Bertz CT molecular complexity index is 728. The molecular weight excluding hydrogens is 291 g/mol. The summed E-state index contributed by atoms with van der Waals surface area (Å²) in [7, 11) is -2.05. The molecule has 0 aliphatic heterocycles. The molecule has 0 heterocycles. The number of hydrogen-bond donors (Lipinski definition) is 2. The van der Waals surface area contributed by atoms with E-state index in [2.05, 4.69) is 10.0 Å². The lowest BCUT2D eigenvalue weighted by atomic mass is 10.1. The van der Waals surface area contributed by atoms with Crippen LogP contribution in [0.3, 0.4) is 0 Å². The molecule has 0 unspecified atom stereocenters. The number of benzene rings is 2. The van der Waals surface area contributed by atoms with Crippen LogP contribution in [0.15, 0.2) is 47.4 Å². The lowest BCUT2D eigenvalue weighted by Crippen LogP contribution is -2.18. The van der Waals surface area contributed by atoms with Crippen LogP contribution in [-0.4, -0.2) is 15.5 Å². The summed E-state index contributed by atoms with van der Waals surface area (Å²) in [6.45, 7) is 2.39. The molecule has 0 saturated heterocycles. The van der Waals surface area contributed by atoms with Gasteiger partial charge in [0, 0.05) is 12.2 Å². The second-order valence-corrected chi connectivity index (χ2v) is 6.54. The molecule has 0 radical (unpaired) electrons. The minimum Gasteiger partial charge on any atom is -0.381 e. The van der Waals surface area contributed by atoms with Gasteiger partial charge in [0.2, 0.25) is 10.0 Å². The highest BCUT2D eigenvalue weighted by molar-refractivity contribution is 7.89. The first-order valence-corrected chi connectivity index (χ1v) is 7.93. The van der Waals surface area contributed by atoms with Crippen molar-refractivity contribution in [1.82, 2.24) is 4.72 Å². The fourth-order valence-corrected chi connectivity index (χ4v) is 2.63. The number of halogens is 1. The van der Waals surface area contributed by atoms with Gasteiger partial charge in [-0.3, -0.25) is 0 Å². The van der Waals surface area contributed by atoms with Crippen LogP contribution < -0.4 is 10.0 Å². The van der Waals surface area contributed by atoms with Crippen molar-refractivity contribution in [2.24, 2.45) is 0 Å². The number of hydrogen-bond acceptors (Lipinski definition) is 3. The van der Waals surface area contributed by atoms with Crippen molar-refractivity contribution in [3.05, 3.63) is 59.4 Å². The number of aryl methyl sites for hydroxylation is 1. The normalized spacial score (nSPS) is 11.4. The molecule has 2 aromatic rings. The molecule has 0 amide bonds. The van der Waals surface area contributed by atoms with E-state index in [4.69, 9.17) is 0 Å². The summed E-state index contributed by atoms with van der Waals surface area (Å²) in [6.07, 6.45) is 0. The molecule has 2 N–H and O–H groups in total. The van der Waals surface area contributed by atoms with Crippen LogP contribution >= 0.6 is 0 Å². The quantitative estimate of drug-likeness (QED) is 0.893. The van der Waals surface area contributed by atoms with E-state index in [0.29, 0.717) is 6.54 Å². The summed E-state index contributed by atoms with van der Waals surface area (Å²) >= 11 is 0. The molecule has 21 heavy (non-hydrogen) atoms. The zero-order valence-electron chi connectivity index (χ0n) is 11.9. The van der Waals surface area contributed by atoms with Crippen molar-refractivity contribution < 1.29 is 12.8 Å². The highest BCUT2D eigenvalue weighted by atomic mass is 32.2. The maximum atomic E-state index is 13.2. The number of sulfonamides is 1. The average Bonchev–Trinajstić information content (AvgIpc) is 2.48. The molecular formula is C15H17FN2O2S.